The minimum atomic E-state index is -0.652. The van der Waals surface area contributed by atoms with Crippen LogP contribution in [-0.4, -0.2) is 33.1 Å². The van der Waals surface area contributed by atoms with E-state index in [9.17, 15) is 9.59 Å². The highest BCUT2D eigenvalue weighted by molar-refractivity contribution is 9.10. The van der Waals surface area contributed by atoms with E-state index in [-0.39, 0.29) is 24.7 Å². The zero-order valence-electron chi connectivity index (χ0n) is 23.5. The van der Waals surface area contributed by atoms with Crippen LogP contribution in [0.25, 0.3) is 0 Å². The van der Waals surface area contributed by atoms with Crippen molar-refractivity contribution in [2.24, 2.45) is 0 Å². The van der Waals surface area contributed by atoms with Gasteiger partial charge in [-0.3, -0.25) is 4.79 Å². The second kappa shape index (κ2) is 12.2. The van der Waals surface area contributed by atoms with Crippen LogP contribution >= 0.6 is 15.9 Å². The Morgan fingerprint density at radius 2 is 1.61 bits per heavy atom. The van der Waals surface area contributed by atoms with Crippen molar-refractivity contribution in [3.8, 4) is 17.2 Å². The van der Waals surface area contributed by atoms with Gasteiger partial charge in [0.05, 0.1) is 32.8 Å². The van der Waals surface area contributed by atoms with Crippen LogP contribution in [-0.2, 0) is 20.9 Å². The van der Waals surface area contributed by atoms with Crippen LogP contribution in [0.1, 0.15) is 48.3 Å². The summed E-state index contributed by atoms with van der Waals surface area (Å²) in [6, 6.07) is 20.9. The lowest BCUT2D eigenvalue weighted by Crippen LogP contribution is -2.36. The molecule has 1 N–H and O–H groups in total. The number of rotatable bonds is 8. The second-order valence-corrected chi connectivity index (χ2v) is 11.0. The SMILES string of the molecule is COc1ccc(C2CC(=O)C3=C(C2)NC(C)=C(C(=O)OCc2ccccc2)C3c2cc(Br)ccc2OC)cc1OC. The molecule has 0 radical (unpaired) electrons. The molecule has 3 aromatic rings. The summed E-state index contributed by atoms with van der Waals surface area (Å²) < 4.78 is 23.2. The van der Waals surface area contributed by atoms with E-state index < -0.39 is 11.9 Å². The number of methoxy groups -OCH3 is 3. The third kappa shape index (κ3) is 5.75. The maximum absolute atomic E-state index is 14.0. The summed E-state index contributed by atoms with van der Waals surface area (Å²) in [5, 5.41) is 3.41. The van der Waals surface area contributed by atoms with E-state index in [1.165, 1.54) is 0 Å². The Labute approximate surface area is 248 Å². The highest BCUT2D eigenvalue weighted by Gasteiger charge is 2.42. The van der Waals surface area contributed by atoms with Crippen molar-refractivity contribution < 1.29 is 28.5 Å². The molecule has 0 fully saturated rings. The fraction of sp³-hybridized carbons (Fsp3) is 0.273. The standard InChI is InChI=1S/C33H32BrNO6/c1-19-30(33(37)41-18-20-8-6-5-7-9-20)31(24-17-23(34)11-13-27(24)38-2)32-25(35-19)14-22(15-26(32)36)21-10-12-28(39-3)29(16-21)40-4/h5-13,16-17,22,31,35H,14-15,18H2,1-4H3. The van der Waals surface area contributed by atoms with Gasteiger partial charge in [0, 0.05) is 33.4 Å². The Kier molecular flexibility index (Phi) is 8.49. The van der Waals surface area contributed by atoms with Gasteiger partial charge < -0.3 is 24.3 Å². The van der Waals surface area contributed by atoms with Crippen LogP contribution in [0, 0.1) is 0 Å². The first-order chi connectivity index (χ1) is 19.8. The smallest absolute Gasteiger partial charge is 0.337 e. The molecule has 2 atom stereocenters. The number of carbonyl (C=O) groups is 2. The molecule has 1 aliphatic heterocycles. The van der Waals surface area contributed by atoms with Gasteiger partial charge in [0.15, 0.2) is 17.3 Å². The number of esters is 1. The minimum absolute atomic E-state index is 0.0357. The van der Waals surface area contributed by atoms with Crippen molar-refractivity contribution in [3.05, 3.63) is 110 Å². The van der Waals surface area contributed by atoms with Crippen molar-refractivity contribution in [1.82, 2.24) is 5.32 Å². The Bertz CT molecular complexity index is 1540. The molecule has 7 nitrogen and oxygen atoms in total. The number of allylic oxidation sites excluding steroid dienone is 3. The molecule has 0 bridgehead atoms. The molecule has 0 saturated carbocycles. The van der Waals surface area contributed by atoms with Crippen LogP contribution in [0.15, 0.2) is 93.7 Å². The Morgan fingerprint density at radius 3 is 2.32 bits per heavy atom. The number of halogens is 1. The lowest BCUT2D eigenvalue weighted by Gasteiger charge is -2.37. The van der Waals surface area contributed by atoms with E-state index in [1.54, 1.807) is 21.3 Å². The van der Waals surface area contributed by atoms with Crippen molar-refractivity contribution in [3.63, 3.8) is 0 Å². The first-order valence-corrected chi connectivity index (χ1v) is 14.1. The van der Waals surface area contributed by atoms with Gasteiger partial charge in [0.2, 0.25) is 0 Å². The van der Waals surface area contributed by atoms with Crippen molar-refractivity contribution >= 4 is 27.7 Å². The number of nitrogens with one attached hydrogen (secondary N) is 1. The number of benzene rings is 3. The highest BCUT2D eigenvalue weighted by atomic mass is 79.9. The van der Waals surface area contributed by atoms with E-state index in [4.69, 9.17) is 18.9 Å². The quantitative estimate of drug-likeness (QED) is 0.286. The van der Waals surface area contributed by atoms with Gasteiger partial charge in [-0.05, 0) is 60.7 Å². The van der Waals surface area contributed by atoms with Gasteiger partial charge >= 0.3 is 5.97 Å². The van der Waals surface area contributed by atoms with E-state index in [1.807, 2.05) is 73.7 Å². The average Bonchev–Trinajstić information content (AvgIpc) is 2.99. The summed E-state index contributed by atoms with van der Waals surface area (Å²) in [5.74, 6) is 0.596. The summed E-state index contributed by atoms with van der Waals surface area (Å²) in [4.78, 5) is 27.7. The third-order valence-electron chi connectivity index (χ3n) is 7.64. The highest BCUT2D eigenvalue weighted by Crippen LogP contribution is 2.48. The number of carbonyl (C=O) groups excluding carboxylic acids is 2. The van der Waals surface area contributed by atoms with Gasteiger partial charge in [0.25, 0.3) is 0 Å². The first kappa shape index (κ1) is 28.5. The molecule has 212 valence electrons. The Balaban J connectivity index is 1.56. The fourth-order valence-electron chi connectivity index (χ4n) is 5.69. The molecule has 1 heterocycles. The molecule has 8 heteroatoms. The van der Waals surface area contributed by atoms with Crippen LogP contribution in [0.3, 0.4) is 0 Å². The summed E-state index contributed by atoms with van der Waals surface area (Å²) in [5.41, 5.74) is 4.99. The van der Waals surface area contributed by atoms with Gasteiger partial charge in [-0.1, -0.05) is 52.3 Å². The molecule has 1 aliphatic carbocycles. The predicted octanol–water partition coefficient (Wildman–Crippen LogP) is 6.58. The number of Topliss-reactive ketones (excluding diaryl/α,β-unsaturated/α-hetero) is 1. The second-order valence-electron chi connectivity index (χ2n) is 10.1. The number of hydrogen-bond acceptors (Lipinski definition) is 7. The van der Waals surface area contributed by atoms with Gasteiger partial charge in [-0.2, -0.15) is 0 Å². The molecule has 0 saturated heterocycles. The van der Waals surface area contributed by atoms with Crippen molar-refractivity contribution in [1.29, 1.82) is 0 Å². The maximum Gasteiger partial charge on any atom is 0.337 e. The van der Waals surface area contributed by atoms with Crippen molar-refractivity contribution in [2.75, 3.05) is 21.3 Å². The van der Waals surface area contributed by atoms with Gasteiger partial charge in [0.1, 0.15) is 12.4 Å². The molecule has 0 spiro atoms. The lowest BCUT2D eigenvalue weighted by atomic mass is 9.71. The molecule has 41 heavy (non-hydrogen) atoms. The van der Waals surface area contributed by atoms with Crippen molar-refractivity contribution in [2.45, 2.75) is 38.2 Å². The molecule has 2 unspecified atom stereocenters. The first-order valence-electron chi connectivity index (χ1n) is 13.3. The lowest BCUT2D eigenvalue weighted by molar-refractivity contribution is -0.140. The number of hydrogen-bond donors (Lipinski definition) is 1. The van der Waals surface area contributed by atoms with E-state index in [0.717, 1.165) is 26.9 Å². The summed E-state index contributed by atoms with van der Waals surface area (Å²) in [6.45, 7) is 1.98. The average molecular weight is 619 g/mol. The van der Waals surface area contributed by atoms with Crippen LogP contribution < -0.4 is 19.5 Å². The topological polar surface area (TPSA) is 83.1 Å². The van der Waals surface area contributed by atoms with Crippen LogP contribution in [0.5, 0.6) is 17.2 Å². The van der Waals surface area contributed by atoms with Crippen LogP contribution in [0.4, 0.5) is 0 Å². The fourth-order valence-corrected chi connectivity index (χ4v) is 6.07. The molecular weight excluding hydrogens is 586 g/mol. The molecule has 2 aliphatic rings. The Hall–Kier alpha value is -4.04. The third-order valence-corrected chi connectivity index (χ3v) is 8.14. The monoisotopic (exact) mass is 617 g/mol. The predicted molar refractivity (Wildman–Crippen MR) is 159 cm³/mol. The normalized spacial score (nSPS) is 18.4. The molecule has 3 aromatic carbocycles. The Morgan fingerprint density at radius 1 is 0.902 bits per heavy atom. The van der Waals surface area contributed by atoms with E-state index in [2.05, 4.69) is 21.2 Å². The molecular formula is C33H32BrNO6. The van der Waals surface area contributed by atoms with E-state index in [0.29, 0.717) is 40.5 Å². The largest absolute Gasteiger partial charge is 0.496 e. The van der Waals surface area contributed by atoms with Gasteiger partial charge in [-0.25, -0.2) is 4.79 Å². The maximum atomic E-state index is 14.0. The minimum Gasteiger partial charge on any atom is -0.496 e. The molecule has 5 rings (SSSR count). The summed E-state index contributed by atoms with van der Waals surface area (Å²) >= 11 is 3.57. The zero-order valence-corrected chi connectivity index (χ0v) is 25.0. The summed E-state index contributed by atoms with van der Waals surface area (Å²) in [7, 11) is 4.78. The summed E-state index contributed by atoms with van der Waals surface area (Å²) in [6.07, 6.45) is 0.876. The number of ether oxygens (including phenoxy) is 4. The molecule has 0 aromatic heterocycles. The van der Waals surface area contributed by atoms with E-state index >= 15 is 0 Å². The number of dihydropyridines is 1. The number of ketones is 1. The van der Waals surface area contributed by atoms with Crippen LogP contribution in [0.2, 0.25) is 0 Å². The zero-order chi connectivity index (χ0) is 29.1. The van der Waals surface area contributed by atoms with Gasteiger partial charge in [-0.15, -0.1) is 0 Å². The molecule has 0 amide bonds.